The van der Waals surface area contributed by atoms with Crippen LogP contribution in [0.2, 0.25) is 0 Å². The van der Waals surface area contributed by atoms with Crippen LogP contribution in [0.1, 0.15) is 91.0 Å². The van der Waals surface area contributed by atoms with E-state index in [9.17, 15) is 37.1 Å². The molecule has 3 aromatic heterocycles. The number of alkyl halides is 3. The second kappa shape index (κ2) is 15.5. The molecule has 4 aromatic rings. The second-order valence-corrected chi connectivity index (χ2v) is 14.9. The fraction of sp³-hybridized carbons (Fsp3) is 0.474. The molecular formula is C38H42F3N11O5. The number of piperidine rings is 1. The lowest BCUT2D eigenvalue weighted by Crippen LogP contribution is -2.52. The minimum Gasteiger partial charge on any atom is -0.368 e. The summed E-state index contributed by atoms with van der Waals surface area (Å²) in [5, 5.41) is 15.4. The largest absolute Gasteiger partial charge is 0.437 e. The van der Waals surface area contributed by atoms with Gasteiger partial charge in [-0.15, -0.1) is 0 Å². The number of carbonyl (C=O) groups excluding carboxylic acids is 5. The molecular weight excluding hydrogens is 747 g/mol. The molecule has 3 N–H and O–H groups in total. The topological polar surface area (TPSA) is 179 Å². The van der Waals surface area contributed by atoms with Crippen molar-refractivity contribution in [1.82, 2.24) is 39.5 Å². The van der Waals surface area contributed by atoms with E-state index in [-0.39, 0.29) is 49.6 Å². The Balaban J connectivity index is 0.815. The van der Waals surface area contributed by atoms with Crippen molar-refractivity contribution >= 4 is 52.4 Å². The summed E-state index contributed by atoms with van der Waals surface area (Å²) in [6.07, 6.45) is 4.82. The Bertz CT molecular complexity index is 2220. The number of rotatable bonds is 10. The number of amides is 6. The number of unbranched alkanes of at least 4 members (excludes halogenated alkanes) is 1. The van der Waals surface area contributed by atoms with Crippen molar-refractivity contribution < 1.29 is 37.1 Å². The highest BCUT2D eigenvalue weighted by molar-refractivity contribution is 6.05. The summed E-state index contributed by atoms with van der Waals surface area (Å²) in [6, 6.07) is 5.76. The number of piperazine rings is 1. The highest BCUT2D eigenvalue weighted by atomic mass is 19.4. The lowest BCUT2D eigenvalue weighted by Gasteiger charge is -2.36. The van der Waals surface area contributed by atoms with Crippen molar-refractivity contribution in [1.29, 1.82) is 0 Å². The molecule has 2 saturated heterocycles. The Morgan fingerprint density at radius 1 is 0.947 bits per heavy atom. The molecule has 300 valence electrons. The number of hydrogen-bond acceptors (Lipinski definition) is 9. The van der Waals surface area contributed by atoms with Crippen LogP contribution in [-0.4, -0.2) is 96.1 Å². The molecule has 19 heteroatoms. The number of urea groups is 1. The maximum Gasteiger partial charge on any atom is 0.437 e. The quantitative estimate of drug-likeness (QED) is 0.154. The van der Waals surface area contributed by atoms with Gasteiger partial charge in [-0.25, -0.2) is 14.3 Å². The molecule has 6 amide bonds. The molecule has 1 saturated carbocycles. The Hall–Kier alpha value is -6.01. The normalized spacial score (nSPS) is 19.0. The summed E-state index contributed by atoms with van der Waals surface area (Å²) in [5.41, 5.74) is 2.30. The molecule has 1 unspecified atom stereocenters. The van der Waals surface area contributed by atoms with E-state index in [2.05, 4.69) is 36.0 Å². The van der Waals surface area contributed by atoms with Crippen LogP contribution in [0.25, 0.3) is 5.65 Å². The Morgan fingerprint density at radius 3 is 2.47 bits per heavy atom. The average molecular weight is 790 g/mol. The van der Waals surface area contributed by atoms with E-state index in [1.54, 1.807) is 27.7 Å². The molecule has 4 aliphatic rings. The molecule has 0 spiro atoms. The number of nitrogens with one attached hydrogen (secondary N) is 3. The zero-order valence-corrected chi connectivity index (χ0v) is 31.1. The summed E-state index contributed by atoms with van der Waals surface area (Å²) < 4.78 is 44.8. The van der Waals surface area contributed by atoms with E-state index < -0.39 is 35.5 Å². The van der Waals surface area contributed by atoms with Gasteiger partial charge >= 0.3 is 12.2 Å². The number of aromatic nitrogens is 5. The first-order valence-corrected chi connectivity index (χ1v) is 19.3. The van der Waals surface area contributed by atoms with Crippen molar-refractivity contribution in [3.05, 3.63) is 65.4 Å². The van der Waals surface area contributed by atoms with Crippen molar-refractivity contribution in [2.75, 3.05) is 41.7 Å². The molecule has 3 aliphatic heterocycles. The minimum absolute atomic E-state index is 0.0516. The van der Waals surface area contributed by atoms with Gasteiger partial charge in [-0.1, -0.05) is 12.8 Å². The third-order valence-electron chi connectivity index (χ3n) is 11.3. The zero-order chi connectivity index (χ0) is 39.8. The lowest BCUT2D eigenvalue weighted by molar-refractivity contribution is -0.141. The highest BCUT2D eigenvalue weighted by Gasteiger charge is 2.40. The summed E-state index contributed by atoms with van der Waals surface area (Å²) in [5.74, 6) is -0.955. The molecule has 0 bridgehead atoms. The third kappa shape index (κ3) is 7.86. The van der Waals surface area contributed by atoms with Crippen molar-refractivity contribution in [2.45, 2.75) is 89.0 Å². The van der Waals surface area contributed by atoms with Gasteiger partial charge in [0.05, 0.1) is 29.5 Å². The fourth-order valence-electron chi connectivity index (χ4n) is 8.37. The molecule has 57 heavy (non-hydrogen) atoms. The van der Waals surface area contributed by atoms with Gasteiger partial charge in [0.15, 0.2) is 11.3 Å². The van der Waals surface area contributed by atoms with Gasteiger partial charge < -0.3 is 25.3 Å². The molecule has 1 aromatic carbocycles. The standard InChI is InChI=1S/C38H42F3N11O5/c39-38(40,41)34-28(45-37(57)44-27-20-42-30-12-13-43-52(30)33(27)23-5-1-2-6-23)22-50(47-34)14-4-3-7-32(54)49-17-15-48(16-18-49)25-8-9-26-24(19-25)21-51(36(26)56)29-10-11-31(53)46-35(29)55/h8-9,12-13,19-20,22-23,29H,1-7,10-11,14-18,21H2,(H2,44,45,57)(H,46,53,55). The number of halogens is 3. The van der Waals surface area contributed by atoms with Crippen molar-refractivity contribution in [3.63, 3.8) is 0 Å². The van der Waals surface area contributed by atoms with Gasteiger partial charge in [-0.05, 0) is 55.9 Å². The first-order chi connectivity index (χ1) is 27.4. The smallest absolute Gasteiger partial charge is 0.368 e. The number of imide groups is 1. The van der Waals surface area contributed by atoms with Crippen LogP contribution in [-0.2, 0) is 33.6 Å². The average Bonchev–Trinajstić information content (AvgIpc) is 4.01. The molecule has 16 nitrogen and oxygen atoms in total. The van der Waals surface area contributed by atoms with Gasteiger partial charge in [0, 0.05) is 81.5 Å². The van der Waals surface area contributed by atoms with Gasteiger partial charge in [-0.2, -0.15) is 23.4 Å². The van der Waals surface area contributed by atoms with Crippen LogP contribution in [0.15, 0.2) is 42.9 Å². The summed E-state index contributed by atoms with van der Waals surface area (Å²) in [7, 11) is 0. The van der Waals surface area contributed by atoms with E-state index in [0.717, 1.165) is 53.5 Å². The predicted octanol–water partition coefficient (Wildman–Crippen LogP) is 4.53. The minimum atomic E-state index is -4.82. The number of fused-ring (bicyclic) bond motifs is 2. The van der Waals surface area contributed by atoms with E-state index >= 15 is 0 Å². The zero-order valence-electron chi connectivity index (χ0n) is 31.1. The van der Waals surface area contributed by atoms with E-state index in [1.165, 1.54) is 11.1 Å². The molecule has 6 heterocycles. The lowest BCUT2D eigenvalue weighted by atomic mass is 10.0. The number of anilines is 3. The van der Waals surface area contributed by atoms with Crippen molar-refractivity contribution in [3.8, 4) is 0 Å². The van der Waals surface area contributed by atoms with Gasteiger partial charge in [0.2, 0.25) is 17.7 Å². The Morgan fingerprint density at radius 2 is 1.72 bits per heavy atom. The molecule has 1 atom stereocenters. The highest BCUT2D eigenvalue weighted by Crippen LogP contribution is 2.38. The number of hydrogen-bond donors (Lipinski definition) is 3. The van der Waals surface area contributed by atoms with E-state index in [1.807, 2.05) is 12.1 Å². The van der Waals surface area contributed by atoms with Crippen molar-refractivity contribution in [2.24, 2.45) is 0 Å². The predicted molar refractivity (Wildman–Crippen MR) is 199 cm³/mol. The molecule has 3 fully saturated rings. The van der Waals surface area contributed by atoms with Crippen LogP contribution in [0.4, 0.5) is 35.0 Å². The fourth-order valence-corrected chi connectivity index (χ4v) is 8.37. The van der Waals surface area contributed by atoms with Crippen LogP contribution in [0.5, 0.6) is 0 Å². The first kappa shape index (κ1) is 37.9. The molecule has 1 aliphatic carbocycles. The van der Waals surface area contributed by atoms with Gasteiger partial charge in [0.25, 0.3) is 5.91 Å². The maximum atomic E-state index is 14.0. The van der Waals surface area contributed by atoms with Crippen LogP contribution < -0.4 is 20.9 Å². The van der Waals surface area contributed by atoms with Crippen LogP contribution in [0, 0.1) is 0 Å². The second-order valence-electron chi connectivity index (χ2n) is 14.9. The number of carbonyl (C=O) groups is 5. The number of benzene rings is 1. The Labute approximate surface area is 324 Å². The van der Waals surface area contributed by atoms with Crippen LogP contribution >= 0.6 is 0 Å². The van der Waals surface area contributed by atoms with Crippen LogP contribution in [0.3, 0.4) is 0 Å². The van der Waals surface area contributed by atoms with Gasteiger partial charge in [0.1, 0.15) is 6.04 Å². The van der Waals surface area contributed by atoms with E-state index in [4.69, 9.17) is 0 Å². The molecule has 8 rings (SSSR count). The summed E-state index contributed by atoms with van der Waals surface area (Å²) in [6.45, 7) is 2.50. The molecule has 0 radical (unpaired) electrons. The Kier molecular flexibility index (Phi) is 10.3. The third-order valence-corrected chi connectivity index (χ3v) is 11.3. The first-order valence-electron chi connectivity index (χ1n) is 19.3. The summed E-state index contributed by atoms with van der Waals surface area (Å²) in [4.78, 5) is 72.9. The monoisotopic (exact) mass is 789 g/mol. The summed E-state index contributed by atoms with van der Waals surface area (Å²) >= 11 is 0. The number of aryl methyl sites for hydroxylation is 1. The van der Waals surface area contributed by atoms with E-state index in [0.29, 0.717) is 62.3 Å². The van der Waals surface area contributed by atoms with Gasteiger partial charge in [-0.3, -0.25) is 29.2 Å². The number of nitrogens with zero attached hydrogens (tertiary/aromatic N) is 8. The maximum absolute atomic E-state index is 14.0. The SMILES string of the molecule is O=C1CCC(N2Cc3cc(N4CCN(C(=O)CCCCn5cc(NC(=O)Nc6cnc7ccnn7c6C6CCCC6)c(C(F)(F)F)n5)CC4)ccc3C2=O)C(=O)N1.